The molecule has 124 valence electrons. The highest BCUT2D eigenvalue weighted by Gasteiger charge is 2.30. The predicted octanol–water partition coefficient (Wildman–Crippen LogP) is 2.89. The fourth-order valence-corrected chi connectivity index (χ4v) is 2.48. The van der Waals surface area contributed by atoms with E-state index in [0.29, 0.717) is 36.9 Å². The van der Waals surface area contributed by atoms with Gasteiger partial charge >= 0.3 is 6.61 Å². The molecule has 0 bridgehead atoms. The van der Waals surface area contributed by atoms with E-state index in [2.05, 4.69) is 4.74 Å². The van der Waals surface area contributed by atoms with Crippen LogP contribution in [0.5, 0.6) is 11.5 Å². The van der Waals surface area contributed by atoms with Crippen LogP contribution in [-0.2, 0) is 6.54 Å². The van der Waals surface area contributed by atoms with Crippen molar-refractivity contribution in [2.45, 2.75) is 39.0 Å². The molecule has 1 atom stereocenters. The fraction of sp³-hybridized carbons (Fsp3) is 0.625. The molecular weight excluding hydrogens is 292 g/mol. The van der Waals surface area contributed by atoms with Crippen molar-refractivity contribution in [1.82, 2.24) is 4.90 Å². The summed E-state index contributed by atoms with van der Waals surface area (Å²) in [5, 5.41) is 9.97. The third-order valence-electron chi connectivity index (χ3n) is 3.67. The first-order chi connectivity index (χ1) is 10.5. The van der Waals surface area contributed by atoms with Gasteiger partial charge in [-0.15, -0.1) is 0 Å². The van der Waals surface area contributed by atoms with Crippen LogP contribution in [0.3, 0.4) is 0 Å². The molecule has 4 nitrogen and oxygen atoms in total. The van der Waals surface area contributed by atoms with Gasteiger partial charge in [0.1, 0.15) is 0 Å². The number of ether oxygens (including phenoxy) is 2. The molecule has 0 unspecified atom stereocenters. The molecule has 1 aromatic rings. The molecule has 0 saturated heterocycles. The zero-order valence-electron chi connectivity index (χ0n) is 13.0. The molecule has 1 fully saturated rings. The Morgan fingerprint density at radius 2 is 2.09 bits per heavy atom. The minimum Gasteiger partial charge on any atom is -0.490 e. The zero-order valence-corrected chi connectivity index (χ0v) is 13.0. The Kier molecular flexibility index (Phi) is 5.97. The maximum Gasteiger partial charge on any atom is 0.387 e. The molecule has 0 amide bonds. The van der Waals surface area contributed by atoms with Crippen LogP contribution in [0.1, 0.15) is 25.3 Å². The number of benzene rings is 1. The van der Waals surface area contributed by atoms with Crippen molar-refractivity contribution >= 4 is 0 Å². The van der Waals surface area contributed by atoms with Crippen molar-refractivity contribution < 1.29 is 23.4 Å². The summed E-state index contributed by atoms with van der Waals surface area (Å²) in [6.45, 7) is 0.184. The van der Waals surface area contributed by atoms with Crippen LogP contribution in [-0.4, -0.2) is 42.9 Å². The van der Waals surface area contributed by atoms with Crippen molar-refractivity contribution in [1.29, 1.82) is 0 Å². The molecule has 22 heavy (non-hydrogen) atoms. The van der Waals surface area contributed by atoms with E-state index in [0.717, 1.165) is 12.8 Å². The average molecular weight is 315 g/mol. The number of likely N-dealkylation sites (N-methyl/N-ethyl adjacent to an activating group) is 1. The van der Waals surface area contributed by atoms with Crippen LogP contribution < -0.4 is 9.47 Å². The fourth-order valence-electron chi connectivity index (χ4n) is 2.48. The maximum atomic E-state index is 12.7. The third kappa shape index (κ3) is 4.81. The summed E-state index contributed by atoms with van der Waals surface area (Å²) in [5.41, 5.74) is 0.622. The first kappa shape index (κ1) is 17.0. The summed E-state index contributed by atoms with van der Waals surface area (Å²) in [5.74, 6) is 0.776. The molecule has 0 aromatic heterocycles. The largest absolute Gasteiger partial charge is 0.490 e. The zero-order chi connectivity index (χ0) is 16.1. The lowest BCUT2D eigenvalue weighted by atomic mass is 10.1. The number of aliphatic hydroxyl groups is 1. The van der Waals surface area contributed by atoms with E-state index in [1.807, 2.05) is 11.9 Å². The number of hydrogen-bond donors (Lipinski definition) is 1. The van der Waals surface area contributed by atoms with Crippen molar-refractivity contribution in [3.8, 4) is 11.5 Å². The number of halogens is 2. The Hall–Kier alpha value is -1.40. The summed E-state index contributed by atoms with van der Waals surface area (Å²) in [4.78, 5) is 1.91. The Bertz CT molecular complexity index is 480. The second-order valence-corrected chi connectivity index (χ2v) is 5.66. The van der Waals surface area contributed by atoms with Crippen molar-refractivity contribution in [2.75, 3.05) is 20.2 Å². The van der Waals surface area contributed by atoms with Gasteiger partial charge in [-0.25, -0.2) is 0 Å². The number of para-hydroxylation sites is 1. The number of hydrogen-bond acceptors (Lipinski definition) is 4. The van der Waals surface area contributed by atoms with Crippen LogP contribution in [0.25, 0.3) is 0 Å². The summed E-state index contributed by atoms with van der Waals surface area (Å²) in [6, 6.07) is 5.10. The lowest BCUT2D eigenvalue weighted by Crippen LogP contribution is -2.30. The Balaban J connectivity index is 2.08. The monoisotopic (exact) mass is 315 g/mol. The van der Waals surface area contributed by atoms with Gasteiger partial charge in [0, 0.05) is 18.7 Å². The van der Waals surface area contributed by atoms with Gasteiger partial charge in [-0.1, -0.05) is 12.1 Å². The Morgan fingerprint density at radius 1 is 1.36 bits per heavy atom. The Morgan fingerprint density at radius 3 is 2.68 bits per heavy atom. The van der Waals surface area contributed by atoms with Gasteiger partial charge in [0.05, 0.1) is 12.7 Å². The van der Waals surface area contributed by atoms with E-state index in [4.69, 9.17) is 4.74 Å². The lowest BCUT2D eigenvalue weighted by Gasteiger charge is -2.22. The van der Waals surface area contributed by atoms with Crippen LogP contribution in [0.15, 0.2) is 18.2 Å². The summed E-state index contributed by atoms with van der Waals surface area (Å²) in [6.07, 6.45) is 1.77. The smallest absolute Gasteiger partial charge is 0.387 e. The van der Waals surface area contributed by atoms with Crippen LogP contribution >= 0.6 is 0 Å². The highest BCUT2D eigenvalue weighted by molar-refractivity contribution is 5.46. The number of alkyl halides is 2. The molecule has 0 radical (unpaired) electrons. The van der Waals surface area contributed by atoms with Gasteiger partial charge in [-0.3, -0.25) is 4.90 Å². The van der Waals surface area contributed by atoms with Crippen molar-refractivity contribution in [2.24, 2.45) is 5.92 Å². The molecule has 0 heterocycles. The second kappa shape index (κ2) is 7.74. The van der Waals surface area contributed by atoms with Gasteiger partial charge < -0.3 is 14.6 Å². The lowest BCUT2D eigenvalue weighted by molar-refractivity contribution is -0.0524. The van der Waals surface area contributed by atoms with E-state index in [1.165, 1.54) is 0 Å². The highest BCUT2D eigenvalue weighted by Crippen LogP contribution is 2.35. The predicted molar refractivity (Wildman–Crippen MR) is 79.3 cm³/mol. The normalized spacial score (nSPS) is 16.1. The first-order valence-electron chi connectivity index (χ1n) is 7.57. The van der Waals surface area contributed by atoms with Gasteiger partial charge in [-0.05, 0) is 38.8 Å². The van der Waals surface area contributed by atoms with E-state index in [1.54, 1.807) is 25.1 Å². The topological polar surface area (TPSA) is 41.9 Å². The van der Waals surface area contributed by atoms with Crippen LogP contribution in [0.2, 0.25) is 0 Å². The molecule has 1 saturated carbocycles. The van der Waals surface area contributed by atoms with Crippen LogP contribution in [0.4, 0.5) is 8.78 Å². The molecule has 6 heteroatoms. The molecule has 0 aliphatic heterocycles. The quantitative estimate of drug-likeness (QED) is 0.761. The standard InChI is InChI=1S/C16H23F2NO3/c1-3-21-14-6-4-5-12(15(14)22-16(17)18)9-19(2)10-13(20)11-7-8-11/h4-6,11,13,16,20H,3,7-10H2,1-2H3/t13-/m0/s1. The van der Waals surface area contributed by atoms with E-state index < -0.39 is 6.61 Å². The molecule has 0 spiro atoms. The SMILES string of the molecule is CCOc1cccc(CN(C)C[C@H](O)C2CC2)c1OC(F)F. The minimum atomic E-state index is -2.90. The van der Waals surface area contributed by atoms with Gasteiger partial charge in [0.2, 0.25) is 0 Å². The van der Waals surface area contributed by atoms with Crippen molar-refractivity contribution in [3.63, 3.8) is 0 Å². The second-order valence-electron chi connectivity index (χ2n) is 5.66. The molecule has 1 aliphatic carbocycles. The summed E-state index contributed by atoms with van der Waals surface area (Å²) >= 11 is 0. The van der Waals surface area contributed by atoms with Crippen molar-refractivity contribution in [3.05, 3.63) is 23.8 Å². The minimum absolute atomic E-state index is 0.0760. The number of aliphatic hydroxyl groups excluding tert-OH is 1. The number of rotatable bonds is 9. The van der Waals surface area contributed by atoms with Crippen LogP contribution in [0, 0.1) is 5.92 Å². The molecule has 2 rings (SSSR count). The summed E-state index contributed by atoms with van der Waals surface area (Å²) in [7, 11) is 1.85. The molecule has 1 aromatic carbocycles. The number of nitrogens with zero attached hydrogens (tertiary/aromatic N) is 1. The van der Waals surface area contributed by atoms with Gasteiger partial charge in [0.25, 0.3) is 0 Å². The third-order valence-corrected chi connectivity index (χ3v) is 3.67. The summed E-state index contributed by atoms with van der Waals surface area (Å²) < 4.78 is 35.3. The van der Waals surface area contributed by atoms with Gasteiger partial charge in [-0.2, -0.15) is 8.78 Å². The molecule has 1 aliphatic rings. The highest BCUT2D eigenvalue weighted by atomic mass is 19.3. The van der Waals surface area contributed by atoms with Gasteiger partial charge in [0.15, 0.2) is 11.5 Å². The molecule has 1 N–H and O–H groups in total. The average Bonchev–Trinajstić information content (AvgIpc) is 3.26. The molecular formula is C16H23F2NO3. The first-order valence-corrected chi connectivity index (χ1v) is 7.57. The van der Waals surface area contributed by atoms with E-state index >= 15 is 0 Å². The maximum absolute atomic E-state index is 12.7. The van der Waals surface area contributed by atoms with E-state index in [-0.39, 0.29) is 11.9 Å². The van der Waals surface area contributed by atoms with E-state index in [9.17, 15) is 13.9 Å². The Labute approximate surface area is 129 Å².